The third-order valence-electron chi connectivity index (χ3n) is 4.89. The third-order valence-corrected chi connectivity index (χ3v) is 4.89. The minimum Gasteiger partial charge on any atom is -0.466 e. The van der Waals surface area contributed by atoms with Gasteiger partial charge in [0.25, 0.3) is 11.8 Å². The van der Waals surface area contributed by atoms with Crippen molar-refractivity contribution < 1.29 is 24.2 Å². The Bertz CT molecular complexity index is 956. The summed E-state index contributed by atoms with van der Waals surface area (Å²) in [4.78, 5) is 38.1. The van der Waals surface area contributed by atoms with Crippen molar-refractivity contribution >= 4 is 23.5 Å². The van der Waals surface area contributed by atoms with Gasteiger partial charge in [0.1, 0.15) is 6.04 Å². The van der Waals surface area contributed by atoms with Crippen LogP contribution in [-0.2, 0) is 19.1 Å². The molecule has 3 N–H and O–H groups in total. The molecule has 1 aliphatic rings. The van der Waals surface area contributed by atoms with Crippen molar-refractivity contribution in [3.63, 3.8) is 0 Å². The SMILES string of the molecule is COC(=O)[C@](O)(CC(C)C)C(=O)N[C@@H]1C(=O)Nc2ccccc2-c2ccccc21. The van der Waals surface area contributed by atoms with Gasteiger partial charge in [-0.2, -0.15) is 0 Å². The van der Waals surface area contributed by atoms with Crippen LogP contribution in [0.4, 0.5) is 5.69 Å². The molecule has 7 nitrogen and oxygen atoms in total. The summed E-state index contributed by atoms with van der Waals surface area (Å²) in [5.74, 6) is -2.66. The number of anilines is 1. The monoisotopic (exact) mass is 396 g/mol. The van der Waals surface area contributed by atoms with Crippen molar-refractivity contribution in [2.75, 3.05) is 12.4 Å². The maximum atomic E-state index is 13.0. The molecule has 0 saturated heterocycles. The molecule has 7 heteroatoms. The smallest absolute Gasteiger partial charge is 0.347 e. The molecule has 1 aliphatic heterocycles. The number of esters is 1. The summed E-state index contributed by atoms with van der Waals surface area (Å²) in [5.41, 5.74) is 0.389. The highest BCUT2D eigenvalue weighted by molar-refractivity contribution is 6.09. The number of carbonyl (C=O) groups is 3. The Hall–Kier alpha value is -3.19. The number of hydrogen-bond donors (Lipinski definition) is 3. The van der Waals surface area contributed by atoms with Crippen LogP contribution in [-0.4, -0.2) is 35.6 Å². The zero-order valence-corrected chi connectivity index (χ0v) is 16.6. The molecule has 0 aromatic heterocycles. The van der Waals surface area contributed by atoms with E-state index in [0.717, 1.165) is 18.2 Å². The fraction of sp³-hybridized carbons (Fsp3) is 0.318. The molecular formula is C22H24N2O5. The number of para-hydroxylation sites is 1. The van der Waals surface area contributed by atoms with E-state index in [2.05, 4.69) is 15.4 Å². The Morgan fingerprint density at radius 1 is 1.14 bits per heavy atom. The van der Waals surface area contributed by atoms with E-state index in [1.54, 1.807) is 38.1 Å². The molecule has 0 radical (unpaired) electrons. The van der Waals surface area contributed by atoms with Gasteiger partial charge in [0.05, 0.1) is 7.11 Å². The molecule has 29 heavy (non-hydrogen) atoms. The molecule has 0 fully saturated rings. The predicted molar refractivity (Wildman–Crippen MR) is 108 cm³/mol. The zero-order valence-electron chi connectivity index (χ0n) is 16.6. The van der Waals surface area contributed by atoms with Crippen LogP contribution >= 0.6 is 0 Å². The standard InChI is InChI=1S/C22H24N2O5/c1-13(2)12-22(28,21(27)29-3)20(26)24-18-16-10-5-4-8-14(16)15-9-6-7-11-17(15)23-19(18)25/h4-11,13,18,28H,12H2,1-3H3,(H,23,25)(H,24,26)/t18-,22-/m0/s1. The van der Waals surface area contributed by atoms with Crippen molar-refractivity contribution in [2.45, 2.75) is 31.9 Å². The van der Waals surface area contributed by atoms with Crippen LogP contribution < -0.4 is 10.6 Å². The number of aliphatic hydroxyl groups is 1. The van der Waals surface area contributed by atoms with Crippen LogP contribution in [0.3, 0.4) is 0 Å². The molecule has 0 bridgehead atoms. The fourth-order valence-corrected chi connectivity index (χ4v) is 3.59. The van der Waals surface area contributed by atoms with Gasteiger partial charge in [-0.05, 0) is 29.5 Å². The highest BCUT2D eigenvalue weighted by Crippen LogP contribution is 2.37. The summed E-state index contributed by atoms with van der Waals surface area (Å²) in [7, 11) is 1.10. The Morgan fingerprint density at radius 3 is 2.41 bits per heavy atom. The van der Waals surface area contributed by atoms with E-state index in [1.165, 1.54) is 0 Å². The van der Waals surface area contributed by atoms with Crippen molar-refractivity contribution in [1.82, 2.24) is 5.32 Å². The molecule has 0 aliphatic carbocycles. The lowest BCUT2D eigenvalue weighted by molar-refractivity contribution is -0.171. The molecule has 2 atom stereocenters. The highest BCUT2D eigenvalue weighted by Gasteiger charge is 2.47. The Balaban J connectivity index is 2.02. The van der Waals surface area contributed by atoms with E-state index in [1.807, 2.05) is 24.3 Å². The van der Waals surface area contributed by atoms with E-state index in [-0.39, 0.29) is 12.3 Å². The van der Waals surface area contributed by atoms with E-state index in [4.69, 9.17) is 0 Å². The lowest BCUT2D eigenvalue weighted by Gasteiger charge is -2.28. The first kappa shape index (κ1) is 20.5. The number of fused-ring (bicyclic) bond motifs is 3. The van der Waals surface area contributed by atoms with Gasteiger partial charge in [-0.3, -0.25) is 9.59 Å². The van der Waals surface area contributed by atoms with Crippen molar-refractivity contribution in [1.29, 1.82) is 0 Å². The van der Waals surface area contributed by atoms with E-state index >= 15 is 0 Å². The maximum absolute atomic E-state index is 13.0. The molecule has 1 heterocycles. The molecule has 2 aromatic carbocycles. The van der Waals surface area contributed by atoms with Gasteiger partial charge in [-0.15, -0.1) is 0 Å². The number of carbonyl (C=O) groups excluding carboxylic acids is 3. The van der Waals surface area contributed by atoms with Crippen LogP contribution in [0.2, 0.25) is 0 Å². The van der Waals surface area contributed by atoms with Gasteiger partial charge in [-0.1, -0.05) is 56.3 Å². The quantitative estimate of drug-likeness (QED) is 0.532. The van der Waals surface area contributed by atoms with Crippen LogP contribution in [0, 0.1) is 5.92 Å². The average Bonchev–Trinajstić information content (AvgIpc) is 2.81. The largest absolute Gasteiger partial charge is 0.466 e. The van der Waals surface area contributed by atoms with Gasteiger partial charge in [-0.25, -0.2) is 4.79 Å². The van der Waals surface area contributed by atoms with Gasteiger partial charge in [0.2, 0.25) is 5.60 Å². The Labute approximate surface area is 169 Å². The normalized spacial score (nSPS) is 17.3. The molecule has 2 aromatic rings. The molecular weight excluding hydrogens is 372 g/mol. The van der Waals surface area contributed by atoms with E-state index in [9.17, 15) is 19.5 Å². The number of hydrogen-bond acceptors (Lipinski definition) is 5. The van der Waals surface area contributed by atoms with Crippen LogP contribution in [0.1, 0.15) is 31.9 Å². The number of rotatable bonds is 5. The second-order valence-electron chi connectivity index (χ2n) is 7.48. The number of nitrogens with one attached hydrogen (secondary N) is 2. The Kier molecular flexibility index (Phi) is 5.70. The maximum Gasteiger partial charge on any atom is 0.347 e. The molecule has 0 unspecified atom stereocenters. The average molecular weight is 396 g/mol. The summed E-state index contributed by atoms with van der Waals surface area (Å²) in [6.45, 7) is 3.54. The van der Waals surface area contributed by atoms with E-state index in [0.29, 0.717) is 11.3 Å². The highest BCUT2D eigenvalue weighted by atomic mass is 16.5. The van der Waals surface area contributed by atoms with Gasteiger partial charge >= 0.3 is 5.97 Å². The van der Waals surface area contributed by atoms with Crippen molar-refractivity contribution in [3.05, 3.63) is 54.1 Å². The molecule has 0 spiro atoms. The minimum atomic E-state index is -2.39. The summed E-state index contributed by atoms with van der Waals surface area (Å²) in [5, 5.41) is 16.2. The van der Waals surface area contributed by atoms with Gasteiger partial charge in [0, 0.05) is 11.3 Å². The van der Waals surface area contributed by atoms with Crippen LogP contribution in [0.15, 0.2) is 48.5 Å². The van der Waals surface area contributed by atoms with Gasteiger partial charge < -0.3 is 20.5 Å². The Morgan fingerprint density at radius 2 is 1.76 bits per heavy atom. The number of ether oxygens (including phenoxy) is 1. The van der Waals surface area contributed by atoms with Crippen molar-refractivity contribution in [2.24, 2.45) is 5.92 Å². The van der Waals surface area contributed by atoms with Crippen LogP contribution in [0.25, 0.3) is 11.1 Å². The lowest BCUT2D eigenvalue weighted by atomic mass is 9.90. The second kappa shape index (κ2) is 8.05. The predicted octanol–water partition coefficient (Wildman–Crippen LogP) is 2.41. The summed E-state index contributed by atoms with van der Waals surface area (Å²) >= 11 is 0. The summed E-state index contributed by atoms with van der Waals surface area (Å²) in [6.07, 6.45) is -0.137. The molecule has 152 valence electrons. The first-order chi connectivity index (χ1) is 13.8. The molecule has 2 amide bonds. The summed E-state index contributed by atoms with van der Waals surface area (Å²) in [6, 6.07) is 13.4. The third kappa shape index (κ3) is 3.86. The second-order valence-corrected chi connectivity index (χ2v) is 7.48. The topological polar surface area (TPSA) is 105 Å². The van der Waals surface area contributed by atoms with Crippen molar-refractivity contribution in [3.8, 4) is 11.1 Å². The molecule has 0 saturated carbocycles. The first-order valence-electron chi connectivity index (χ1n) is 9.39. The number of amides is 2. The minimum absolute atomic E-state index is 0.137. The number of methoxy groups -OCH3 is 1. The van der Waals surface area contributed by atoms with E-state index < -0.39 is 29.4 Å². The van der Waals surface area contributed by atoms with Crippen LogP contribution in [0.5, 0.6) is 0 Å². The number of benzene rings is 2. The zero-order chi connectivity index (χ0) is 21.2. The van der Waals surface area contributed by atoms with Gasteiger partial charge in [0.15, 0.2) is 0 Å². The fourth-order valence-electron chi connectivity index (χ4n) is 3.59. The first-order valence-corrected chi connectivity index (χ1v) is 9.39. The summed E-state index contributed by atoms with van der Waals surface area (Å²) < 4.78 is 4.65. The lowest BCUT2D eigenvalue weighted by Crippen LogP contribution is -2.55. The molecule has 3 rings (SSSR count).